The Kier molecular flexibility index (Phi) is 4.99. The van der Waals surface area contributed by atoms with Crippen LogP contribution in [0.3, 0.4) is 0 Å². The second-order valence-electron chi connectivity index (χ2n) is 3.71. The van der Waals surface area contributed by atoms with Gasteiger partial charge in [-0.3, -0.25) is 4.79 Å². The van der Waals surface area contributed by atoms with Crippen molar-refractivity contribution < 1.29 is 21.6 Å². The standard InChI is InChI=1S/C10H13NO5S3/c1-17-7-10(12)11-19(15,16)9-5-3-4-8(6-9)18(2,13)14/h3-6H,7H2,1-2H3,(H,11,12). The van der Waals surface area contributed by atoms with Gasteiger partial charge < -0.3 is 0 Å². The van der Waals surface area contributed by atoms with Gasteiger partial charge in [-0.1, -0.05) is 6.07 Å². The molecule has 0 saturated heterocycles. The molecule has 9 heteroatoms. The summed E-state index contributed by atoms with van der Waals surface area (Å²) in [5.41, 5.74) is 0. The van der Waals surface area contributed by atoms with E-state index in [1.54, 1.807) is 6.26 Å². The van der Waals surface area contributed by atoms with Crippen LogP contribution in [0.1, 0.15) is 0 Å². The number of amides is 1. The van der Waals surface area contributed by atoms with Crippen molar-refractivity contribution in [3.05, 3.63) is 24.3 Å². The highest BCUT2D eigenvalue weighted by Crippen LogP contribution is 2.15. The highest BCUT2D eigenvalue weighted by Gasteiger charge is 2.19. The van der Waals surface area contributed by atoms with Gasteiger partial charge in [0, 0.05) is 6.26 Å². The molecule has 1 rings (SSSR count). The number of carbonyl (C=O) groups is 1. The molecule has 0 aromatic heterocycles. The second-order valence-corrected chi connectivity index (χ2v) is 8.27. The molecule has 1 N–H and O–H groups in total. The molecule has 0 aliphatic carbocycles. The van der Waals surface area contributed by atoms with E-state index in [0.29, 0.717) is 0 Å². The lowest BCUT2D eigenvalue weighted by Gasteiger charge is -2.07. The number of thioether (sulfide) groups is 1. The fraction of sp³-hybridized carbons (Fsp3) is 0.300. The number of benzene rings is 1. The fourth-order valence-electron chi connectivity index (χ4n) is 1.24. The maximum absolute atomic E-state index is 11.9. The van der Waals surface area contributed by atoms with E-state index in [9.17, 15) is 21.6 Å². The average Bonchev–Trinajstić information content (AvgIpc) is 2.27. The summed E-state index contributed by atoms with van der Waals surface area (Å²) in [6.07, 6.45) is 2.64. The minimum absolute atomic E-state index is 0.00496. The quantitative estimate of drug-likeness (QED) is 0.834. The topological polar surface area (TPSA) is 97.4 Å². The molecule has 0 spiro atoms. The molecule has 1 aromatic rings. The molecule has 0 fully saturated rings. The molecule has 0 unspecified atom stereocenters. The largest absolute Gasteiger partial charge is 0.273 e. The zero-order chi connectivity index (χ0) is 14.7. The molecule has 0 atom stereocenters. The Balaban J connectivity index is 3.13. The maximum atomic E-state index is 11.9. The summed E-state index contributed by atoms with van der Waals surface area (Å²) in [4.78, 5) is 10.9. The van der Waals surface area contributed by atoms with E-state index < -0.39 is 25.8 Å². The van der Waals surface area contributed by atoms with Crippen molar-refractivity contribution in [2.45, 2.75) is 9.79 Å². The number of nitrogens with one attached hydrogen (secondary N) is 1. The summed E-state index contributed by atoms with van der Waals surface area (Å²) < 4.78 is 48.3. The lowest BCUT2D eigenvalue weighted by atomic mass is 10.4. The Bertz CT molecular complexity index is 679. The summed E-state index contributed by atoms with van der Waals surface area (Å²) in [5.74, 6) is -0.650. The molecule has 1 aromatic carbocycles. The molecule has 19 heavy (non-hydrogen) atoms. The lowest BCUT2D eigenvalue weighted by molar-refractivity contribution is -0.116. The Labute approximate surface area is 116 Å². The molecule has 6 nitrogen and oxygen atoms in total. The first-order valence-corrected chi connectivity index (χ1v) is 9.78. The molecule has 106 valence electrons. The second kappa shape index (κ2) is 5.93. The summed E-state index contributed by atoms with van der Waals surface area (Å²) in [6.45, 7) is 0. The van der Waals surface area contributed by atoms with Crippen LogP contribution in [-0.2, 0) is 24.7 Å². The zero-order valence-corrected chi connectivity index (χ0v) is 12.7. The summed E-state index contributed by atoms with van der Waals surface area (Å²) in [7, 11) is -7.55. The van der Waals surface area contributed by atoms with Crippen LogP contribution in [-0.4, -0.2) is 41.0 Å². The molecule has 0 radical (unpaired) electrons. The van der Waals surface area contributed by atoms with Crippen LogP contribution in [0.15, 0.2) is 34.1 Å². The highest BCUT2D eigenvalue weighted by atomic mass is 32.2. The van der Waals surface area contributed by atoms with E-state index in [1.807, 2.05) is 4.72 Å². The predicted octanol–water partition coefficient (Wildman–Crippen LogP) is 0.258. The minimum Gasteiger partial charge on any atom is -0.273 e. The van der Waals surface area contributed by atoms with Crippen molar-refractivity contribution in [3.63, 3.8) is 0 Å². The van der Waals surface area contributed by atoms with Crippen molar-refractivity contribution in [1.29, 1.82) is 0 Å². The van der Waals surface area contributed by atoms with Crippen LogP contribution in [0, 0.1) is 0 Å². The number of rotatable bonds is 5. The molecule has 0 saturated carbocycles. The Morgan fingerprint density at radius 3 is 2.32 bits per heavy atom. The third-order valence-corrected chi connectivity index (χ3v) is 5.10. The smallest absolute Gasteiger partial charge is 0.264 e. The fourth-order valence-corrected chi connectivity index (χ4v) is 3.44. The molecular weight excluding hydrogens is 310 g/mol. The van der Waals surface area contributed by atoms with Crippen LogP contribution in [0.2, 0.25) is 0 Å². The number of sulfonamides is 1. The third kappa shape index (κ3) is 4.51. The van der Waals surface area contributed by atoms with Crippen LogP contribution >= 0.6 is 11.8 Å². The van der Waals surface area contributed by atoms with E-state index >= 15 is 0 Å². The minimum atomic E-state index is -4.04. The van der Waals surface area contributed by atoms with Gasteiger partial charge in [-0.25, -0.2) is 21.6 Å². The van der Waals surface area contributed by atoms with Crippen LogP contribution in [0.4, 0.5) is 0 Å². The van der Waals surface area contributed by atoms with Gasteiger partial charge in [-0.05, 0) is 24.5 Å². The number of hydrogen-bond acceptors (Lipinski definition) is 6. The molecular formula is C10H13NO5S3. The maximum Gasteiger partial charge on any atom is 0.264 e. The monoisotopic (exact) mass is 323 g/mol. The summed E-state index contributed by atoms with van der Waals surface area (Å²) >= 11 is 1.18. The van der Waals surface area contributed by atoms with Crippen LogP contribution in [0.5, 0.6) is 0 Å². The van der Waals surface area contributed by atoms with E-state index in [0.717, 1.165) is 12.3 Å². The predicted molar refractivity (Wildman–Crippen MR) is 73.3 cm³/mol. The van der Waals surface area contributed by atoms with Gasteiger partial charge >= 0.3 is 0 Å². The molecule has 1 amide bonds. The van der Waals surface area contributed by atoms with E-state index in [2.05, 4.69) is 0 Å². The van der Waals surface area contributed by atoms with E-state index in [4.69, 9.17) is 0 Å². The Morgan fingerprint density at radius 2 is 1.79 bits per heavy atom. The van der Waals surface area contributed by atoms with E-state index in [-0.39, 0.29) is 15.5 Å². The molecule has 0 bridgehead atoms. The van der Waals surface area contributed by atoms with Crippen molar-refractivity contribution in [2.24, 2.45) is 0 Å². The van der Waals surface area contributed by atoms with Gasteiger partial charge in [0.05, 0.1) is 15.5 Å². The lowest BCUT2D eigenvalue weighted by Crippen LogP contribution is -2.31. The van der Waals surface area contributed by atoms with Gasteiger partial charge in [-0.2, -0.15) is 11.8 Å². The van der Waals surface area contributed by atoms with Crippen molar-refractivity contribution in [2.75, 3.05) is 18.3 Å². The first-order chi connectivity index (χ1) is 8.66. The normalized spacial score (nSPS) is 12.1. The van der Waals surface area contributed by atoms with Gasteiger partial charge in [0.15, 0.2) is 9.84 Å². The third-order valence-electron chi connectivity index (χ3n) is 2.07. The number of carbonyl (C=O) groups excluding carboxylic acids is 1. The SMILES string of the molecule is CSCC(=O)NS(=O)(=O)c1cccc(S(C)(=O)=O)c1. The first-order valence-electron chi connectivity index (χ1n) is 5.01. The van der Waals surface area contributed by atoms with Crippen LogP contribution < -0.4 is 4.72 Å². The molecule has 0 aliphatic rings. The van der Waals surface area contributed by atoms with Crippen molar-refractivity contribution in [1.82, 2.24) is 4.72 Å². The van der Waals surface area contributed by atoms with Crippen LogP contribution in [0.25, 0.3) is 0 Å². The molecule has 0 heterocycles. The van der Waals surface area contributed by atoms with Gasteiger partial charge in [0.2, 0.25) is 5.91 Å². The highest BCUT2D eigenvalue weighted by molar-refractivity contribution is 7.99. The average molecular weight is 323 g/mol. The van der Waals surface area contributed by atoms with E-state index in [1.165, 1.54) is 30.0 Å². The summed E-state index contributed by atoms with van der Waals surface area (Å²) in [5, 5.41) is 0. The Hall–Kier alpha value is -1.06. The van der Waals surface area contributed by atoms with Crippen molar-refractivity contribution in [3.8, 4) is 0 Å². The first kappa shape index (κ1) is 16.0. The van der Waals surface area contributed by atoms with Gasteiger partial charge in [0.25, 0.3) is 10.0 Å². The van der Waals surface area contributed by atoms with Crippen molar-refractivity contribution >= 4 is 37.5 Å². The Morgan fingerprint density at radius 1 is 1.21 bits per heavy atom. The van der Waals surface area contributed by atoms with Gasteiger partial charge in [0.1, 0.15) is 0 Å². The van der Waals surface area contributed by atoms with Gasteiger partial charge in [-0.15, -0.1) is 0 Å². The molecule has 0 aliphatic heterocycles. The number of sulfone groups is 1. The summed E-state index contributed by atoms with van der Waals surface area (Å²) in [6, 6.07) is 4.84. The zero-order valence-electron chi connectivity index (χ0n) is 10.3. The number of hydrogen-bond donors (Lipinski definition) is 1.